The van der Waals surface area contributed by atoms with Crippen molar-refractivity contribution in [2.75, 3.05) is 89.6 Å². The SMILES string of the molecule is CC[C@H](C)[C@@H]1NC(=O)[C@H](CC(C)C)N(C)C(=O)C[C@@H](C(=O)N(C)C)N(C)C(=O)[C@H]([C@@H](C)CC)N(C)C(=O)C2(CCCC2)NC(=O)[C@H](CC(=O)N2CCC(F)(F)CC2)N(C)C(=O)[C@H](CCc2ccc(C(F)(F)F)c(Cl)c2)NC(=O)CN(C)C(=O)[C@H](Cc2ccc(C)cc2)N(C)C(=O)[C@@H]2CCN2C(=O)[C@H](C)N(C)C1=O. The predicted molar refractivity (Wildman–Crippen MR) is 393 cm³/mol. The van der Waals surface area contributed by atoms with Crippen molar-refractivity contribution in [1.82, 2.24) is 64.9 Å². The van der Waals surface area contributed by atoms with Gasteiger partial charge in [0.15, 0.2) is 0 Å². The molecule has 108 heavy (non-hydrogen) atoms. The third-order valence-electron chi connectivity index (χ3n) is 22.3. The molecule has 3 saturated heterocycles. The third kappa shape index (κ3) is 21.3. The Morgan fingerprint density at radius 3 is 1.78 bits per heavy atom. The van der Waals surface area contributed by atoms with Crippen LogP contribution in [-0.2, 0) is 81.3 Å². The van der Waals surface area contributed by atoms with Gasteiger partial charge in [-0.3, -0.25) is 62.3 Å². The lowest BCUT2D eigenvalue weighted by Crippen LogP contribution is -2.65. The molecule has 1 aliphatic carbocycles. The molecule has 3 aliphatic heterocycles. The van der Waals surface area contributed by atoms with Crippen LogP contribution in [0.1, 0.15) is 154 Å². The molecule has 4 aliphatic rings. The van der Waals surface area contributed by atoms with E-state index in [-0.39, 0.29) is 63.0 Å². The number of carbonyl (C=O) groups excluding carboxylic acids is 13. The van der Waals surface area contributed by atoms with Crippen LogP contribution >= 0.6 is 11.6 Å². The highest BCUT2D eigenvalue weighted by molar-refractivity contribution is 6.31. The summed E-state index contributed by atoms with van der Waals surface area (Å²) in [7, 11) is 12.0. The quantitative estimate of drug-likeness (QED) is 0.196. The Morgan fingerprint density at radius 2 is 1.24 bits per heavy atom. The lowest BCUT2D eigenvalue weighted by Gasteiger charge is -2.45. The van der Waals surface area contributed by atoms with Gasteiger partial charge in [-0.1, -0.05) is 115 Å². The average Bonchev–Trinajstić information content (AvgIpc) is 1.33. The Bertz CT molecular complexity index is 3630. The number of hydrogen-bond acceptors (Lipinski definition) is 13. The highest BCUT2D eigenvalue weighted by Crippen LogP contribution is 2.37. The second-order valence-corrected chi connectivity index (χ2v) is 31.0. The first-order chi connectivity index (χ1) is 50.3. The van der Waals surface area contributed by atoms with Crippen LogP contribution in [0.25, 0.3) is 0 Å². The van der Waals surface area contributed by atoms with E-state index in [1.165, 1.54) is 78.0 Å². The number of carbonyl (C=O) groups is 13. The lowest BCUT2D eigenvalue weighted by atomic mass is 9.90. The van der Waals surface area contributed by atoms with Gasteiger partial charge in [0.1, 0.15) is 59.9 Å². The fraction of sp³-hybridized carbons (Fsp3) is 0.671. The minimum Gasteiger partial charge on any atom is -0.347 e. The summed E-state index contributed by atoms with van der Waals surface area (Å²) in [4.78, 5) is 206. The second kappa shape index (κ2) is 37.3. The molecule has 0 unspecified atom stereocenters. The molecule has 0 radical (unpaired) electrons. The van der Waals surface area contributed by atoms with Crippen molar-refractivity contribution < 1.29 is 84.3 Å². The first kappa shape index (κ1) is 88.4. The van der Waals surface area contributed by atoms with Gasteiger partial charge in [0.25, 0.3) is 5.92 Å². The Labute approximate surface area is 635 Å². The average molecular weight is 1550 g/mol. The van der Waals surface area contributed by atoms with Crippen LogP contribution in [0, 0.1) is 24.7 Å². The maximum absolute atomic E-state index is 15.7. The predicted octanol–water partition coefficient (Wildman–Crippen LogP) is 5.56. The van der Waals surface area contributed by atoms with Gasteiger partial charge in [-0.05, 0) is 93.4 Å². The highest BCUT2D eigenvalue weighted by Gasteiger charge is 2.52. The molecule has 1 spiro atoms. The van der Waals surface area contributed by atoms with Crippen molar-refractivity contribution in [1.29, 1.82) is 0 Å². The van der Waals surface area contributed by atoms with Crippen molar-refractivity contribution in [3.8, 4) is 0 Å². The number of hydrogen-bond donors (Lipinski definition) is 3. The molecule has 2 aromatic rings. The van der Waals surface area contributed by atoms with E-state index in [2.05, 4.69) is 16.0 Å². The molecule has 2 aromatic carbocycles. The van der Waals surface area contributed by atoms with Gasteiger partial charge >= 0.3 is 6.18 Å². The monoisotopic (exact) mass is 1540 g/mol. The van der Waals surface area contributed by atoms with Gasteiger partial charge in [0.05, 0.1) is 30.0 Å². The van der Waals surface area contributed by atoms with E-state index in [9.17, 15) is 60.3 Å². The summed E-state index contributed by atoms with van der Waals surface area (Å²) in [5.41, 5.74) is -1.43. The standard InChI is InChI=1S/C76H111ClF5N13O13/c1-18-46(6)62-71(106)88(12)48(8)66(101)95-35-30-54(95)70(105)91(15)57(40-50-24-22-45(5)23-25-50)69(104)87(11)43-59(96)83-53(29-27-49-26-28-51(52(77)39-49)76(80,81)82)67(102)90(14)56(41-61(98)94-36-33-75(78,79)34-37-94)65(100)85-74(31-20-21-32-74)73(108)93(17)63(47(7)19-2)72(107)92(16)58(68(103)86(9)10)42-60(97)89(13)55(38-44(3)4)64(99)84-62/h22-26,28,39,44,46-48,53-58,62-63H,18-21,27,29-38,40-43H2,1-17H3,(H,83,96)(H,84,99)(H,85,100)/t46-,47-,48-,53-,54-,55-,56-,57-,58-,62-,63-/m0/s1. The summed E-state index contributed by atoms with van der Waals surface area (Å²) < 4.78 is 71.3. The number of benzene rings is 2. The topological polar surface area (TPSA) is 290 Å². The molecular weight excluding hydrogens is 1430 g/mol. The number of likely N-dealkylation sites (tertiary alicyclic amines) is 1. The van der Waals surface area contributed by atoms with Crippen LogP contribution in [0.15, 0.2) is 42.5 Å². The first-order valence-electron chi connectivity index (χ1n) is 37.2. The Kier molecular flexibility index (Phi) is 30.5. The van der Waals surface area contributed by atoms with Crippen LogP contribution in [0.4, 0.5) is 22.0 Å². The molecule has 0 aromatic heterocycles. The molecule has 1 saturated carbocycles. The minimum atomic E-state index is -4.85. The zero-order valence-corrected chi connectivity index (χ0v) is 66.2. The lowest BCUT2D eigenvalue weighted by molar-refractivity contribution is -0.160. The number of nitrogens with one attached hydrogen (secondary N) is 3. The zero-order valence-electron chi connectivity index (χ0n) is 65.5. The Balaban J connectivity index is 1.51. The number of aryl methyl sites for hydroxylation is 2. The summed E-state index contributed by atoms with van der Waals surface area (Å²) in [6, 6.07) is -2.99. The van der Waals surface area contributed by atoms with Crippen molar-refractivity contribution >= 4 is 88.4 Å². The van der Waals surface area contributed by atoms with E-state index in [0.717, 1.165) is 65.1 Å². The van der Waals surface area contributed by atoms with Gasteiger partial charge in [-0.2, -0.15) is 13.2 Å². The number of amides is 13. The van der Waals surface area contributed by atoms with Gasteiger partial charge in [0, 0.05) is 102 Å². The number of fused-ring (bicyclic) bond motifs is 1. The normalized spacial score (nSPS) is 25.8. The minimum absolute atomic E-state index is 0.0520. The van der Waals surface area contributed by atoms with Crippen molar-refractivity contribution in [3.05, 3.63) is 69.7 Å². The first-order valence-corrected chi connectivity index (χ1v) is 37.6. The molecule has 3 N–H and O–H groups in total. The van der Waals surface area contributed by atoms with E-state index in [4.69, 9.17) is 11.6 Å². The number of rotatable bonds is 14. The van der Waals surface area contributed by atoms with Gasteiger partial charge in [0.2, 0.25) is 76.8 Å². The summed E-state index contributed by atoms with van der Waals surface area (Å²) in [6.45, 7) is 12.3. The van der Waals surface area contributed by atoms with E-state index in [1.807, 2.05) is 20.8 Å². The van der Waals surface area contributed by atoms with E-state index in [0.29, 0.717) is 24.8 Å². The van der Waals surface area contributed by atoms with Gasteiger partial charge < -0.3 is 64.9 Å². The van der Waals surface area contributed by atoms with Crippen LogP contribution in [-0.4, -0.2) is 281 Å². The van der Waals surface area contributed by atoms with Gasteiger partial charge in [-0.25, -0.2) is 8.78 Å². The maximum atomic E-state index is 15.7. The van der Waals surface area contributed by atoms with Crippen LogP contribution in [0.3, 0.4) is 0 Å². The zero-order chi connectivity index (χ0) is 81.1. The summed E-state index contributed by atoms with van der Waals surface area (Å²) in [5.74, 6) is -15.2. The number of nitrogens with zero attached hydrogens (tertiary/aromatic N) is 10. The van der Waals surface area contributed by atoms with Crippen LogP contribution < -0.4 is 16.0 Å². The molecule has 600 valence electrons. The molecule has 11 atom stereocenters. The molecule has 13 amide bonds. The van der Waals surface area contributed by atoms with Crippen LogP contribution in [0.5, 0.6) is 0 Å². The molecule has 4 fully saturated rings. The molecule has 26 nitrogen and oxygen atoms in total. The van der Waals surface area contributed by atoms with Crippen molar-refractivity contribution in [3.63, 3.8) is 0 Å². The Hall–Kier alpha value is -8.51. The number of halogens is 6. The maximum Gasteiger partial charge on any atom is 0.417 e. The number of alkyl halides is 5. The molecule has 32 heteroatoms. The Morgan fingerprint density at radius 1 is 0.657 bits per heavy atom. The number of piperidine rings is 1. The molecule has 6 rings (SSSR count). The largest absolute Gasteiger partial charge is 0.417 e. The fourth-order valence-electron chi connectivity index (χ4n) is 14.5. The van der Waals surface area contributed by atoms with Gasteiger partial charge in [-0.15, -0.1) is 0 Å². The van der Waals surface area contributed by atoms with E-state index >= 15 is 24.0 Å². The molecule has 3 heterocycles. The summed E-state index contributed by atoms with van der Waals surface area (Å²) in [6.07, 6.45) is -7.33. The third-order valence-corrected chi connectivity index (χ3v) is 22.6. The second-order valence-electron chi connectivity index (χ2n) is 30.6. The van der Waals surface area contributed by atoms with Crippen molar-refractivity contribution in [2.45, 2.75) is 224 Å². The fourth-order valence-corrected chi connectivity index (χ4v) is 14.8. The summed E-state index contributed by atoms with van der Waals surface area (Å²) in [5, 5.41) is 7.67. The molecule has 0 bridgehead atoms. The molecular formula is C76H111ClF5N13O13. The van der Waals surface area contributed by atoms with E-state index < -0.39 is 223 Å². The highest BCUT2D eigenvalue weighted by atomic mass is 35.5. The van der Waals surface area contributed by atoms with Crippen LogP contribution in [0.2, 0.25) is 5.02 Å². The van der Waals surface area contributed by atoms with E-state index in [1.54, 1.807) is 52.0 Å². The number of likely N-dealkylation sites (N-methyl/N-ethyl adjacent to an activating group) is 8. The van der Waals surface area contributed by atoms with Crippen molar-refractivity contribution in [2.24, 2.45) is 17.8 Å². The summed E-state index contributed by atoms with van der Waals surface area (Å²) >= 11 is 6.16. The smallest absolute Gasteiger partial charge is 0.347 e.